The van der Waals surface area contributed by atoms with Gasteiger partial charge in [-0.2, -0.15) is 0 Å². The van der Waals surface area contributed by atoms with Gasteiger partial charge in [-0.15, -0.1) is 0 Å². The van der Waals surface area contributed by atoms with Gasteiger partial charge in [-0.1, -0.05) is 20.8 Å². The maximum Gasteiger partial charge on any atom is 0.236 e. The lowest BCUT2D eigenvalue weighted by Crippen LogP contribution is -2.34. The molecule has 0 bridgehead atoms. The predicted molar refractivity (Wildman–Crippen MR) is 56.4 cm³/mol. The number of carbonyl (C=O) groups excluding carboxylic acids is 1. The van der Waals surface area contributed by atoms with Gasteiger partial charge >= 0.3 is 0 Å². The second-order valence-electron chi connectivity index (χ2n) is 4.32. The van der Waals surface area contributed by atoms with Crippen LogP contribution < -0.4 is 10.1 Å². The van der Waals surface area contributed by atoms with Gasteiger partial charge in [0.1, 0.15) is 0 Å². The molecule has 0 aliphatic heterocycles. The van der Waals surface area contributed by atoms with E-state index in [1.165, 1.54) is 6.33 Å². The van der Waals surface area contributed by atoms with Crippen LogP contribution in [0.4, 0.5) is 0 Å². The van der Waals surface area contributed by atoms with E-state index in [0.29, 0.717) is 12.4 Å². The number of aromatic amines is 1. The van der Waals surface area contributed by atoms with Crippen molar-refractivity contribution in [2.24, 2.45) is 5.41 Å². The molecule has 0 spiro atoms. The lowest BCUT2D eigenvalue weighted by Gasteiger charge is -2.17. The molecule has 1 amide bonds. The van der Waals surface area contributed by atoms with Gasteiger partial charge in [-0.25, -0.2) is 4.98 Å². The van der Waals surface area contributed by atoms with Crippen LogP contribution >= 0.6 is 0 Å². The van der Waals surface area contributed by atoms with Gasteiger partial charge in [0.05, 0.1) is 25.7 Å². The highest BCUT2D eigenvalue weighted by molar-refractivity contribution is 5.81. The van der Waals surface area contributed by atoms with Crippen LogP contribution in [-0.4, -0.2) is 23.0 Å². The number of ether oxygens (including phenoxy) is 1. The number of aromatic nitrogens is 2. The minimum Gasteiger partial charge on any atom is -0.480 e. The summed E-state index contributed by atoms with van der Waals surface area (Å²) in [6.45, 7) is 6.00. The van der Waals surface area contributed by atoms with Gasteiger partial charge in [0.15, 0.2) is 0 Å². The first-order chi connectivity index (χ1) is 6.95. The Morgan fingerprint density at radius 2 is 2.27 bits per heavy atom. The van der Waals surface area contributed by atoms with Gasteiger partial charge in [0, 0.05) is 5.41 Å². The molecule has 0 saturated heterocycles. The van der Waals surface area contributed by atoms with Gasteiger partial charge < -0.3 is 15.0 Å². The Balaban J connectivity index is 2.54. The highest BCUT2D eigenvalue weighted by atomic mass is 16.5. The monoisotopic (exact) mass is 211 g/mol. The Labute approximate surface area is 89.2 Å². The number of nitrogens with zero attached hydrogens (tertiary/aromatic N) is 1. The average molecular weight is 211 g/mol. The topological polar surface area (TPSA) is 67.0 Å². The van der Waals surface area contributed by atoms with Crippen molar-refractivity contribution in [3.05, 3.63) is 12.0 Å². The molecule has 5 nitrogen and oxygen atoms in total. The highest BCUT2D eigenvalue weighted by Crippen LogP contribution is 2.15. The standard InChI is InChI=1S/C10H17N3O2/c1-10(2,3)9(14)11-5-7-8(15-4)13-6-12-7/h6H,5H2,1-4H3,(H,11,14)(H,12,13). The first-order valence-corrected chi connectivity index (χ1v) is 4.79. The van der Waals surface area contributed by atoms with Gasteiger partial charge in [0.2, 0.25) is 11.8 Å². The molecule has 0 unspecified atom stereocenters. The van der Waals surface area contributed by atoms with Crippen LogP contribution in [-0.2, 0) is 11.3 Å². The number of amides is 1. The zero-order valence-electron chi connectivity index (χ0n) is 9.55. The Hall–Kier alpha value is -1.52. The molecule has 0 radical (unpaired) electrons. The first-order valence-electron chi connectivity index (χ1n) is 4.79. The fourth-order valence-electron chi connectivity index (χ4n) is 1.04. The maximum absolute atomic E-state index is 11.6. The van der Waals surface area contributed by atoms with Crippen LogP contribution in [0, 0.1) is 5.41 Å². The van der Waals surface area contributed by atoms with E-state index in [-0.39, 0.29) is 11.3 Å². The van der Waals surface area contributed by atoms with E-state index < -0.39 is 0 Å². The van der Waals surface area contributed by atoms with Crippen LogP contribution in [0.2, 0.25) is 0 Å². The number of hydrogen-bond donors (Lipinski definition) is 2. The molecule has 1 aromatic heterocycles. The minimum atomic E-state index is -0.382. The summed E-state index contributed by atoms with van der Waals surface area (Å²) in [6.07, 6.45) is 1.54. The van der Waals surface area contributed by atoms with Gasteiger partial charge in [-0.05, 0) is 0 Å². The molecule has 0 atom stereocenters. The van der Waals surface area contributed by atoms with E-state index in [1.54, 1.807) is 7.11 Å². The molecule has 1 rings (SSSR count). The Morgan fingerprint density at radius 3 is 2.80 bits per heavy atom. The van der Waals surface area contributed by atoms with E-state index in [1.807, 2.05) is 20.8 Å². The van der Waals surface area contributed by atoms with Crippen LogP contribution in [0.1, 0.15) is 26.5 Å². The van der Waals surface area contributed by atoms with E-state index in [9.17, 15) is 4.79 Å². The molecule has 84 valence electrons. The third-order valence-corrected chi connectivity index (χ3v) is 1.98. The Bertz CT molecular complexity index is 339. The van der Waals surface area contributed by atoms with Gasteiger partial charge in [-0.3, -0.25) is 4.79 Å². The van der Waals surface area contributed by atoms with E-state index >= 15 is 0 Å². The number of carbonyl (C=O) groups is 1. The van der Waals surface area contributed by atoms with Crippen molar-refractivity contribution in [2.45, 2.75) is 27.3 Å². The molecule has 1 aromatic rings. The molecule has 0 fully saturated rings. The summed E-state index contributed by atoms with van der Waals surface area (Å²) in [5, 5.41) is 2.81. The summed E-state index contributed by atoms with van der Waals surface area (Å²) < 4.78 is 5.01. The zero-order chi connectivity index (χ0) is 11.5. The van der Waals surface area contributed by atoms with Crippen LogP contribution in [0.25, 0.3) is 0 Å². The molecular formula is C10H17N3O2. The third kappa shape index (κ3) is 2.97. The predicted octanol–water partition coefficient (Wildman–Crippen LogP) is 1.08. The SMILES string of the molecule is COc1nc[nH]c1CNC(=O)C(C)(C)C. The average Bonchev–Trinajstić information content (AvgIpc) is 2.59. The highest BCUT2D eigenvalue weighted by Gasteiger charge is 2.21. The van der Waals surface area contributed by atoms with Crippen molar-refractivity contribution in [1.29, 1.82) is 0 Å². The van der Waals surface area contributed by atoms with Crippen molar-refractivity contribution in [3.8, 4) is 5.88 Å². The summed E-state index contributed by atoms with van der Waals surface area (Å²) >= 11 is 0. The molecule has 1 heterocycles. The van der Waals surface area contributed by atoms with E-state index in [2.05, 4.69) is 15.3 Å². The van der Waals surface area contributed by atoms with E-state index in [0.717, 1.165) is 5.69 Å². The summed E-state index contributed by atoms with van der Waals surface area (Å²) in [5.41, 5.74) is 0.392. The van der Waals surface area contributed by atoms with Crippen molar-refractivity contribution >= 4 is 5.91 Å². The number of methoxy groups -OCH3 is 1. The number of H-pyrrole nitrogens is 1. The van der Waals surface area contributed by atoms with Crippen LogP contribution in [0.15, 0.2) is 6.33 Å². The second kappa shape index (κ2) is 4.33. The number of imidazole rings is 1. The van der Waals surface area contributed by atoms with Crippen molar-refractivity contribution in [3.63, 3.8) is 0 Å². The van der Waals surface area contributed by atoms with E-state index in [4.69, 9.17) is 4.74 Å². The second-order valence-corrected chi connectivity index (χ2v) is 4.32. The number of nitrogens with one attached hydrogen (secondary N) is 2. The normalized spacial score (nSPS) is 11.2. The Kier molecular flexibility index (Phi) is 3.34. The third-order valence-electron chi connectivity index (χ3n) is 1.98. The molecule has 5 heteroatoms. The maximum atomic E-state index is 11.6. The smallest absolute Gasteiger partial charge is 0.236 e. The molecule has 0 aromatic carbocycles. The van der Waals surface area contributed by atoms with Crippen molar-refractivity contribution in [2.75, 3.05) is 7.11 Å². The van der Waals surface area contributed by atoms with Crippen LogP contribution in [0.5, 0.6) is 5.88 Å². The van der Waals surface area contributed by atoms with Crippen molar-refractivity contribution in [1.82, 2.24) is 15.3 Å². The molecule has 0 saturated carbocycles. The molecule has 2 N–H and O–H groups in total. The number of rotatable bonds is 3. The molecule has 15 heavy (non-hydrogen) atoms. The fraction of sp³-hybridized carbons (Fsp3) is 0.600. The number of hydrogen-bond acceptors (Lipinski definition) is 3. The Morgan fingerprint density at radius 1 is 1.60 bits per heavy atom. The quantitative estimate of drug-likeness (QED) is 0.786. The fourth-order valence-corrected chi connectivity index (χ4v) is 1.04. The zero-order valence-corrected chi connectivity index (χ0v) is 9.55. The summed E-state index contributed by atoms with van der Waals surface area (Å²) in [6, 6.07) is 0. The largest absolute Gasteiger partial charge is 0.480 e. The minimum absolute atomic E-state index is 0.000784. The summed E-state index contributed by atoms with van der Waals surface area (Å²) in [7, 11) is 1.55. The summed E-state index contributed by atoms with van der Waals surface area (Å²) in [4.78, 5) is 18.4. The van der Waals surface area contributed by atoms with Gasteiger partial charge in [0.25, 0.3) is 0 Å². The lowest BCUT2D eigenvalue weighted by atomic mass is 9.96. The molecule has 0 aliphatic rings. The first kappa shape index (κ1) is 11.6. The molecular weight excluding hydrogens is 194 g/mol. The lowest BCUT2D eigenvalue weighted by molar-refractivity contribution is -0.128. The van der Waals surface area contributed by atoms with Crippen molar-refractivity contribution < 1.29 is 9.53 Å². The van der Waals surface area contributed by atoms with Crippen LogP contribution in [0.3, 0.4) is 0 Å². The molecule has 0 aliphatic carbocycles. The summed E-state index contributed by atoms with van der Waals surface area (Å²) in [5.74, 6) is 0.517.